The Balaban J connectivity index is 1.63. The van der Waals surface area contributed by atoms with E-state index in [4.69, 9.17) is 10.5 Å². The van der Waals surface area contributed by atoms with Gasteiger partial charge in [0.25, 0.3) is 0 Å². The number of morpholine rings is 1. The lowest BCUT2D eigenvalue weighted by molar-refractivity contribution is 0.0730. The molecule has 164 valence electrons. The monoisotopic (exact) mass is 447 g/mol. The van der Waals surface area contributed by atoms with Crippen molar-refractivity contribution in [1.29, 1.82) is 0 Å². The smallest absolute Gasteiger partial charge is 0.350 e. The van der Waals surface area contributed by atoms with Crippen LogP contribution in [0.4, 0.5) is 4.39 Å². The van der Waals surface area contributed by atoms with Crippen LogP contribution >= 0.6 is 0 Å². The number of nitrogens with zero attached hydrogens (tertiary/aromatic N) is 4. The van der Waals surface area contributed by atoms with E-state index in [1.807, 2.05) is 0 Å². The van der Waals surface area contributed by atoms with Crippen LogP contribution in [0, 0.1) is 0 Å². The summed E-state index contributed by atoms with van der Waals surface area (Å²) in [5.41, 5.74) is 7.16. The summed E-state index contributed by atoms with van der Waals surface area (Å²) in [6, 6.07) is 9.95. The van der Waals surface area contributed by atoms with Crippen molar-refractivity contribution in [2.75, 3.05) is 32.8 Å². The zero-order chi connectivity index (χ0) is 22.0. The molecule has 0 aliphatic carbocycles. The molecule has 1 aliphatic heterocycles. The average molecular weight is 447 g/mol. The van der Waals surface area contributed by atoms with E-state index in [1.54, 1.807) is 42.6 Å². The number of benzene rings is 1. The lowest BCUT2D eigenvalue weighted by Crippen LogP contribution is -2.40. The van der Waals surface area contributed by atoms with Gasteiger partial charge in [-0.1, -0.05) is 12.1 Å². The lowest BCUT2D eigenvalue weighted by Gasteiger charge is -2.26. The van der Waals surface area contributed by atoms with E-state index in [0.29, 0.717) is 43.8 Å². The van der Waals surface area contributed by atoms with Crippen LogP contribution in [0.25, 0.3) is 16.8 Å². The standard InChI is InChI=1S/C20H22FN5O4S/c21-11-15(12-22)13-26-20(27)25-14-17(3-6-19(25)23-26)16-1-4-18(5-2-16)31(28,29)24-7-9-30-10-8-24/h1-6,11,14H,7-10,12-13,22H2/b15-11+. The molecule has 1 fully saturated rings. The number of hydrogen-bond acceptors (Lipinski definition) is 6. The molecule has 0 amide bonds. The van der Waals surface area contributed by atoms with Crippen molar-refractivity contribution < 1.29 is 17.5 Å². The number of sulfonamides is 1. The quantitative estimate of drug-likeness (QED) is 0.603. The predicted molar refractivity (Wildman–Crippen MR) is 113 cm³/mol. The summed E-state index contributed by atoms with van der Waals surface area (Å²) in [5, 5.41) is 4.19. The van der Waals surface area contributed by atoms with Crippen LogP contribution in [0.2, 0.25) is 0 Å². The van der Waals surface area contributed by atoms with Crippen LogP contribution in [-0.2, 0) is 21.3 Å². The van der Waals surface area contributed by atoms with Gasteiger partial charge in [0.1, 0.15) is 0 Å². The zero-order valence-electron chi connectivity index (χ0n) is 16.6. The fourth-order valence-electron chi connectivity index (χ4n) is 3.38. The molecule has 2 aromatic heterocycles. The van der Waals surface area contributed by atoms with E-state index in [9.17, 15) is 17.6 Å². The number of aromatic nitrogens is 3. The summed E-state index contributed by atoms with van der Waals surface area (Å²) >= 11 is 0. The summed E-state index contributed by atoms with van der Waals surface area (Å²) in [5.74, 6) is 0. The molecule has 9 nitrogen and oxygen atoms in total. The maximum atomic E-state index is 12.8. The number of fused-ring (bicyclic) bond motifs is 1. The highest BCUT2D eigenvalue weighted by atomic mass is 32.2. The third-order valence-corrected chi connectivity index (χ3v) is 7.05. The first-order valence-electron chi connectivity index (χ1n) is 9.70. The minimum absolute atomic E-state index is 0.0121. The Hall–Kier alpha value is -2.86. The lowest BCUT2D eigenvalue weighted by atomic mass is 10.1. The highest BCUT2D eigenvalue weighted by molar-refractivity contribution is 7.89. The van der Waals surface area contributed by atoms with E-state index < -0.39 is 15.7 Å². The van der Waals surface area contributed by atoms with Crippen LogP contribution < -0.4 is 11.4 Å². The second-order valence-electron chi connectivity index (χ2n) is 7.10. The molecular weight excluding hydrogens is 425 g/mol. The molecule has 2 N–H and O–H groups in total. The molecule has 0 radical (unpaired) electrons. The average Bonchev–Trinajstić information content (AvgIpc) is 3.12. The Bertz CT molecular complexity index is 1280. The van der Waals surface area contributed by atoms with Crippen molar-refractivity contribution in [2.45, 2.75) is 11.4 Å². The van der Waals surface area contributed by atoms with Gasteiger partial charge in [-0.3, -0.25) is 0 Å². The maximum Gasteiger partial charge on any atom is 0.350 e. The molecule has 0 bridgehead atoms. The molecule has 0 unspecified atom stereocenters. The van der Waals surface area contributed by atoms with E-state index >= 15 is 0 Å². The van der Waals surface area contributed by atoms with Gasteiger partial charge in [-0.15, -0.1) is 5.10 Å². The maximum absolute atomic E-state index is 12.8. The normalized spacial score (nSPS) is 16.1. The van der Waals surface area contributed by atoms with Gasteiger partial charge in [0.05, 0.1) is 31.0 Å². The number of halogens is 1. The highest BCUT2D eigenvalue weighted by Crippen LogP contribution is 2.23. The second-order valence-corrected chi connectivity index (χ2v) is 9.04. The number of nitrogens with two attached hydrogens (primary N) is 1. The van der Waals surface area contributed by atoms with E-state index in [-0.39, 0.29) is 23.6 Å². The van der Waals surface area contributed by atoms with Gasteiger partial charge in [-0.2, -0.15) is 4.31 Å². The Morgan fingerprint density at radius 3 is 2.45 bits per heavy atom. The summed E-state index contributed by atoms with van der Waals surface area (Å²) < 4.78 is 47.5. The van der Waals surface area contributed by atoms with Gasteiger partial charge in [0.15, 0.2) is 5.65 Å². The predicted octanol–water partition coefficient (Wildman–Crippen LogP) is 0.996. The van der Waals surface area contributed by atoms with Gasteiger partial charge < -0.3 is 10.5 Å². The zero-order valence-corrected chi connectivity index (χ0v) is 17.5. The molecule has 0 saturated carbocycles. The van der Waals surface area contributed by atoms with Gasteiger partial charge in [0.2, 0.25) is 10.0 Å². The number of ether oxygens (including phenoxy) is 1. The largest absolute Gasteiger partial charge is 0.379 e. The Morgan fingerprint density at radius 1 is 1.13 bits per heavy atom. The van der Waals surface area contributed by atoms with Crippen molar-refractivity contribution in [2.24, 2.45) is 5.73 Å². The van der Waals surface area contributed by atoms with Crippen LogP contribution in [0.3, 0.4) is 0 Å². The Kier molecular flexibility index (Phi) is 6.01. The molecule has 1 saturated heterocycles. The number of pyridine rings is 1. The third kappa shape index (κ3) is 4.17. The molecule has 3 heterocycles. The molecule has 1 aromatic carbocycles. The Morgan fingerprint density at radius 2 is 1.81 bits per heavy atom. The molecule has 31 heavy (non-hydrogen) atoms. The summed E-state index contributed by atoms with van der Waals surface area (Å²) in [6.07, 6.45) is 2.00. The molecule has 0 spiro atoms. The molecule has 3 aromatic rings. The molecule has 0 atom stereocenters. The van der Waals surface area contributed by atoms with Crippen molar-refractivity contribution >= 4 is 15.7 Å². The van der Waals surface area contributed by atoms with Crippen LogP contribution in [-0.4, -0.2) is 59.8 Å². The minimum Gasteiger partial charge on any atom is -0.379 e. The first-order valence-corrected chi connectivity index (χ1v) is 11.1. The fourth-order valence-corrected chi connectivity index (χ4v) is 4.79. The minimum atomic E-state index is -3.58. The fraction of sp³-hybridized carbons (Fsp3) is 0.300. The summed E-state index contributed by atoms with van der Waals surface area (Å²) in [7, 11) is -3.58. The molecule has 11 heteroatoms. The van der Waals surface area contributed by atoms with Crippen molar-refractivity contribution in [3.63, 3.8) is 0 Å². The van der Waals surface area contributed by atoms with E-state index in [1.165, 1.54) is 8.71 Å². The van der Waals surface area contributed by atoms with Crippen LogP contribution in [0.5, 0.6) is 0 Å². The molecular formula is C20H22FN5O4S. The number of rotatable bonds is 6. The van der Waals surface area contributed by atoms with Gasteiger partial charge in [-0.25, -0.2) is 26.7 Å². The summed E-state index contributed by atoms with van der Waals surface area (Å²) in [4.78, 5) is 12.8. The third-order valence-electron chi connectivity index (χ3n) is 5.14. The highest BCUT2D eigenvalue weighted by Gasteiger charge is 2.26. The van der Waals surface area contributed by atoms with Gasteiger partial charge in [0, 0.05) is 25.8 Å². The topological polar surface area (TPSA) is 112 Å². The number of hydrogen-bond donors (Lipinski definition) is 1. The van der Waals surface area contributed by atoms with Gasteiger partial charge >= 0.3 is 5.69 Å². The van der Waals surface area contributed by atoms with E-state index in [2.05, 4.69) is 5.10 Å². The van der Waals surface area contributed by atoms with Crippen LogP contribution in [0.15, 0.2) is 64.2 Å². The van der Waals surface area contributed by atoms with Crippen molar-refractivity contribution in [3.05, 3.63) is 65.0 Å². The first kappa shape index (κ1) is 21.4. The van der Waals surface area contributed by atoms with Crippen molar-refractivity contribution in [1.82, 2.24) is 18.5 Å². The van der Waals surface area contributed by atoms with Crippen molar-refractivity contribution in [3.8, 4) is 11.1 Å². The van der Waals surface area contributed by atoms with Gasteiger partial charge in [-0.05, 0) is 41.0 Å². The van der Waals surface area contributed by atoms with Crippen LogP contribution in [0.1, 0.15) is 0 Å². The Labute approximate surface area is 178 Å². The van der Waals surface area contributed by atoms with E-state index in [0.717, 1.165) is 10.2 Å². The molecule has 4 rings (SSSR count). The first-order chi connectivity index (χ1) is 14.9. The second kappa shape index (κ2) is 8.71. The SMILES string of the molecule is NC/C(=C\F)Cn1nc2ccc(-c3ccc(S(=O)(=O)N4CCOCC4)cc3)cn2c1=O. The summed E-state index contributed by atoms with van der Waals surface area (Å²) in [6.45, 7) is 1.38. The molecule has 1 aliphatic rings.